The van der Waals surface area contributed by atoms with Crippen LogP contribution in [0.25, 0.3) is 0 Å². The zero-order chi connectivity index (χ0) is 18.9. The Bertz CT molecular complexity index is 785. The van der Waals surface area contributed by atoms with Crippen molar-refractivity contribution in [2.45, 2.75) is 33.0 Å². The standard InChI is InChI=1S/C16H21F3N6O/c1-10-12(6-22-25(10)7-15(2)8-26-9-15)23-14-21-5-11(4-16(17,18)19)13(20-3)24-14/h5-6H,4,7-9H2,1-3H3,(H2,20,21,23,24). The Balaban J connectivity index is 1.75. The zero-order valence-electron chi connectivity index (χ0n) is 14.8. The third-order valence-electron chi connectivity index (χ3n) is 4.27. The highest BCUT2D eigenvalue weighted by Gasteiger charge is 2.34. The molecule has 0 aliphatic carbocycles. The van der Waals surface area contributed by atoms with E-state index in [2.05, 4.69) is 32.6 Å². The number of nitrogens with zero attached hydrogens (tertiary/aromatic N) is 4. The summed E-state index contributed by atoms with van der Waals surface area (Å²) in [5.74, 6) is 0.352. The van der Waals surface area contributed by atoms with Gasteiger partial charge in [-0.2, -0.15) is 23.3 Å². The summed E-state index contributed by atoms with van der Waals surface area (Å²) >= 11 is 0. The summed E-state index contributed by atoms with van der Waals surface area (Å²) in [7, 11) is 1.52. The number of nitrogens with one attached hydrogen (secondary N) is 2. The SMILES string of the molecule is CNc1nc(Nc2cnn(CC3(C)COC3)c2C)ncc1CC(F)(F)F. The lowest BCUT2D eigenvalue weighted by Gasteiger charge is -2.38. The highest BCUT2D eigenvalue weighted by molar-refractivity contribution is 5.57. The predicted molar refractivity (Wildman–Crippen MR) is 90.5 cm³/mol. The van der Waals surface area contributed by atoms with Gasteiger partial charge in [0.15, 0.2) is 0 Å². The van der Waals surface area contributed by atoms with E-state index in [0.717, 1.165) is 12.2 Å². The summed E-state index contributed by atoms with van der Waals surface area (Å²) in [5.41, 5.74) is 1.67. The summed E-state index contributed by atoms with van der Waals surface area (Å²) in [5, 5.41) is 10.1. The molecule has 0 spiro atoms. The highest BCUT2D eigenvalue weighted by Crippen LogP contribution is 2.30. The molecule has 1 fully saturated rings. The molecule has 0 saturated carbocycles. The van der Waals surface area contributed by atoms with Crippen molar-refractivity contribution < 1.29 is 17.9 Å². The molecule has 1 saturated heterocycles. The summed E-state index contributed by atoms with van der Waals surface area (Å²) in [4.78, 5) is 8.13. The fraction of sp³-hybridized carbons (Fsp3) is 0.562. The fourth-order valence-corrected chi connectivity index (χ4v) is 2.78. The second-order valence-corrected chi connectivity index (χ2v) is 6.84. The van der Waals surface area contributed by atoms with E-state index in [9.17, 15) is 13.2 Å². The smallest absolute Gasteiger partial charge is 0.380 e. The summed E-state index contributed by atoms with van der Waals surface area (Å²) < 4.78 is 45.0. The van der Waals surface area contributed by atoms with Gasteiger partial charge in [-0.15, -0.1) is 0 Å². The first-order valence-corrected chi connectivity index (χ1v) is 8.17. The number of hydrogen-bond acceptors (Lipinski definition) is 6. The van der Waals surface area contributed by atoms with Crippen LogP contribution in [0.4, 0.5) is 30.6 Å². The van der Waals surface area contributed by atoms with Crippen molar-refractivity contribution in [3.63, 3.8) is 0 Å². The zero-order valence-corrected chi connectivity index (χ0v) is 14.8. The molecule has 0 unspecified atom stereocenters. The van der Waals surface area contributed by atoms with Gasteiger partial charge in [-0.25, -0.2) is 4.98 Å². The van der Waals surface area contributed by atoms with E-state index in [4.69, 9.17) is 4.74 Å². The molecule has 2 aromatic rings. The minimum absolute atomic E-state index is 0.00382. The average molecular weight is 370 g/mol. The van der Waals surface area contributed by atoms with Crippen molar-refractivity contribution in [2.75, 3.05) is 30.9 Å². The first-order valence-electron chi connectivity index (χ1n) is 8.17. The van der Waals surface area contributed by atoms with Crippen LogP contribution in [-0.2, 0) is 17.7 Å². The number of hydrogen-bond donors (Lipinski definition) is 2. The first kappa shape index (κ1) is 18.4. The van der Waals surface area contributed by atoms with Crippen LogP contribution >= 0.6 is 0 Å². The average Bonchev–Trinajstić information content (AvgIpc) is 2.86. The maximum Gasteiger partial charge on any atom is 0.393 e. The fourth-order valence-electron chi connectivity index (χ4n) is 2.78. The first-order chi connectivity index (χ1) is 12.2. The quantitative estimate of drug-likeness (QED) is 0.814. The molecule has 1 aliphatic heterocycles. The molecule has 2 aromatic heterocycles. The van der Waals surface area contributed by atoms with Crippen LogP contribution in [0.15, 0.2) is 12.4 Å². The minimum Gasteiger partial charge on any atom is -0.380 e. The molecule has 0 aromatic carbocycles. The molecule has 2 N–H and O–H groups in total. The second-order valence-electron chi connectivity index (χ2n) is 6.84. The molecule has 1 aliphatic rings. The minimum atomic E-state index is -4.32. The molecule has 0 atom stereocenters. The Morgan fingerprint density at radius 2 is 2.04 bits per heavy atom. The van der Waals surface area contributed by atoms with Crippen LogP contribution in [-0.4, -0.2) is 46.2 Å². The molecular weight excluding hydrogens is 349 g/mol. The summed E-state index contributed by atoms with van der Waals surface area (Å²) in [6.45, 7) is 6.17. The Labute approximate surface area is 149 Å². The van der Waals surface area contributed by atoms with Crippen molar-refractivity contribution in [1.82, 2.24) is 19.7 Å². The number of rotatable bonds is 6. The molecule has 7 nitrogen and oxygen atoms in total. The predicted octanol–water partition coefficient (Wildman–Crippen LogP) is 2.91. The highest BCUT2D eigenvalue weighted by atomic mass is 19.4. The number of halogens is 3. The number of alkyl halides is 3. The molecule has 26 heavy (non-hydrogen) atoms. The lowest BCUT2D eigenvalue weighted by Crippen LogP contribution is -2.43. The number of aromatic nitrogens is 4. The van der Waals surface area contributed by atoms with Gasteiger partial charge >= 0.3 is 6.18 Å². The van der Waals surface area contributed by atoms with Crippen LogP contribution in [0.3, 0.4) is 0 Å². The largest absolute Gasteiger partial charge is 0.393 e. The van der Waals surface area contributed by atoms with E-state index in [1.54, 1.807) is 6.20 Å². The monoisotopic (exact) mass is 370 g/mol. The van der Waals surface area contributed by atoms with Crippen molar-refractivity contribution in [3.8, 4) is 0 Å². The van der Waals surface area contributed by atoms with E-state index in [-0.39, 0.29) is 22.7 Å². The van der Waals surface area contributed by atoms with Crippen molar-refractivity contribution in [3.05, 3.63) is 23.7 Å². The van der Waals surface area contributed by atoms with Gasteiger partial charge in [0.05, 0.1) is 43.8 Å². The maximum atomic E-state index is 12.6. The van der Waals surface area contributed by atoms with Gasteiger partial charge < -0.3 is 15.4 Å². The molecule has 3 rings (SSSR count). The second kappa shape index (κ2) is 6.75. The van der Waals surface area contributed by atoms with E-state index < -0.39 is 12.6 Å². The van der Waals surface area contributed by atoms with Gasteiger partial charge in [0, 0.05) is 24.2 Å². The van der Waals surface area contributed by atoms with Crippen LogP contribution in [0.2, 0.25) is 0 Å². The molecule has 0 bridgehead atoms. The summed E-state index contributed by atoms with van der Waals surface area (Å²) in [6.07, 6.45) is -2.56. The normalized spacial score (nSPS) is 16.2. The van der Waals surface area contributed by atoms with Crippen LogP contribution < -0.4 is 10.6 Å². The third kappa shape index (κ3) is 4.06. The maximum absolute atomic E-state index is 12.6. The van der Waals surface area contributed by atoms with E-state index in [1.807, 2.05) is 11.6 Å². The van der Waals surface area contributed by atoms with Crippen LogP contribution in [0, 0.1) is 12.3 Å². The Kier molecular flexibility index (Phi) is 4.78. The van der Waals surface area contributed by atoms with E-state index in [1.165, 1.54) is 13.2 Å². The Morgan fingerprint density at radius 3 is 2.62 bits per heavy atom. The lowest BCUT2D eigenvalue weighted by molar-refractivity contribution is -0.127. The number of ether oxygens (including phenoxy) is 1. The van der Waals surface area contributed by atoms with E-state index >= 15 is 0 Å². The van der Waals surface area contributed by atoms with Crippen molar-refractivity contribution in [1.29, 1.82) is 0 Å². The van der Waals surface area contributed by atoms with Crippen LogP contribution in [0.5, 0.6) is 0 Å². The topological polar surface area (TPSA) is 76.9 Å². The van der Waals surface area contributed by atoms with Crippen molar-refractivity contribution in [2.24, 2.45) is 5.41 Å². The molecule has 142 valence electrons. The third-order valence-corrected chi connectivity index (χ3v) is 4.27. The molecule has 0 amide bonds. The van der Waals surface area contributed by atoms with Gasteiger partial charge in [0.1, 0.15) is 5.82 Å². The molecule has 0 radical (unpaired) electrons. The Morgan fingerprint density at radius 1 is 1.31 bits per heavy atom. The molecular formula is C16H21F3N6O. The van der Waals surface area contributed by atoms with Gasteiger partial charge in [0.25, 0.3) is 0 Å². The van der Waals surface area contributed by atoms with Gasteiger partial charge in [-0.3, -0.25) is 4.68 Å². The van der Waals surface area contributed by atoms with Gasteiger partial charge in [0.2, 0.25) is 5.95 Å². The molecule has 3 heterocycles. The van der Waals surface area contributed by atoms with Gasteiger partial charge in [-0.05, 0) is 6.92 Å². The number of anilines is 3. The van der Waals surface area contributed by atoms with Gasteiger partial charge in [-0.1, -0.05) is 6.92 Å². The Hall–Kier alpha value is -2.36. The molecule has 10 heteroatoms. The van der Waals surface area contributed by atoms with E-state index in [0.29, 0.717) is 18.9 Å². The van der Waals surface area contributed by atoms with Crippen molar-refractivity contribution >= 4 is 17.5 Å². The lowest BCUT2D eigenvalue weighted by atomic mass is 9.89. The van der Waals surface area contributed by atoms with Crippen LogP contribution in [0.1, 0.15) is 18.2 Å². The summed E-state index contributed by atoms with van der Waals surface area (Å²) in [6, 6.07) is 0.